The fourth-order valence-electron chi connectivity index (χ4n) is 1.90. The SMILES string of the molecule is CCSc1cccnc1-c1nc2cc(C(F)(F)F)cnc2s1. The summed E-state index contributed by atoms with van der Waals surface area (Å²) in [6, 6.07) is 4.78. The number of rotatable bonds is 3. The quantitative estimate of drug-likeness (QED) is 0.636. The summed E-state index contributed by atoms with van der Waals surface area (Å²) in [5.74, 6) is 0.875. The van der Waals surface area contributed by atoms with E-state index >= 15 is 0 Å². The molecule has 3 aromatic heterocycles. The highest BCUT2D eigenvalue weighted by atomic mass is 32.2. The number of nitrogens with zero attached hydrogens (tertiary/aromatic N) is 3. The van der Waals surface area contributed by atoms with Gasteiger partial charge in [-0.2, -0.15) is 13.2 Å². The topological polar surface area (TPSA) is 38.7 Å². The second kappa shape index (κ2) is 5.85. The molecule has 0 aliphatic heterocycles. The number of halogens is 3. The molecule has 0 amide bonds. The van der Waals surface area contributed by atoms with Gasteiger partial charge in [0.25, 0.3) is 0 Å². The van der Waals surface area contributed by atoms with E-state index in [0.29, 0.717) is 15.5 Å². The van der Waals surface area contributed by atoms with Crippen LogP contribution >= 0.6 is 23.1 Å². The van der Waals surface area contributed by atoms with Gasteiger partial charge in [-0.1, -0.05) is 18.3 Å². The van der Waals surface area contributed by atoms with Crippen LogP contribution in [-0.4, -0.2) is 20.7 Å². The number of thioether (sulfide) groups is 1. The first-order valence-electron chi connectivity index (χ1n) is 6.41. The normalized spacial score (nSPS) is 12.0. The van der Waals surface area contributed by atoms with Gasteiger partial charge in [0.1, 0.15) is 21.0 Å². The molecule has 0 aromatic carbocycles. The highest BCUT2D eigenvalue weighted by Crippen LogP contribution is 2.36. The van der Waals surface area contributed by atoms with Gasteiger partial charge in [-0.3, -0.25) is 4.98 Å². The van der Waals surface area contributed by atoms with E-state index in [9.17, 15) is 13.2 Å². The Morgan fingerprint density at radius 1 is 1.27 bits per heavy atom. The van der Waals surface area contributed by atoms with Gasteiger partial charge in [0, 0.05) is 17.3 Å². The summed E-state index contributed by atoms with van der Waals surface area (Å²) >= 11 is 2.86. The Hall–Kier alpha value is -1.67. The standard InChI is InChI=1S/C14H10F3N3S2/c1-2-21-10-4-3-5-18-11(10)13-20-9-6-8(14(15,16)17)7-19-12(9)22-13/h3-7H,2H2,1H3. The average Bonchev–Trinajstić information content (AvgIpc) is 2.90. The van der Waals surface area contributed by atoms with Gasteiger partial charge in [0.15, 0.2) is 0 Å². The molecule has 0 saturated carbocycles. The number of hydrogen-bond acceptors (Lipinski definition) is 5. The fourth-order valence-corrected chi connectivity index (χ4v) is 3.64. The molecule has 22 heavy (non-hydrogen) atoms. The number of thiazole rings is 1. The van der Waals surface area contributed by atoms with Crippen molar-refractivity contribution in [2.45, 2.75) is 18.0 Å². The minimum Gasteiger partial charge on any atom is -0.253 e. The van der Waals surface area contributed by atoms with Gasteiger partial charge >= 0.3 is 6.18 Å². The van der Waals surface area contributed by atoms with Crippen molar-refractivity contribution in [3.05, 3.63) is 36.2 Å². The Bertz CT molecular complexity index is 814. The van der Waals surface area contributed by atoms with Crippen LogP contribution in [0, 0.1) is 0 Å². The lowest BCUT2D eigenvalue weighted by Crippen LogP contribution is -2.04. The van der Waals surface area contributed by atoms with Gasteiger partial charge in [0.2, 0.25) is 0 Å². The van der Waals surface area contributed by atoms with E-state index in [-0.39, 0.29) is 5.52 Å². The van der Waals surface area contributed by atoms with Gasteiger partial charge < -0.3 is 0 Å². The summed E-state index contributed by atoms with van der Waals surface area (Å²) in [6.45, 7) is 2.02. The molecule has 0 unspecified atom stereocenters. The molecule has 3 nitrogen and oxygen atoms in total. The highest BCUT2D eigenvalue weighted by Gasteiger charge is 2.31. The zero-order valence-electron chi connectivity index (χ0n) is 11.4. The number of pyridine rings is 2. The predicted molar refractivity (Wildman–Crippen MR) is 82.0 cm³/mol. The second-order valence-corrected chi connectivity index (χ2v) is 6.63. The van der Waals surface area contributed by atoms with Crippen LogP contribution in [0.5, 0.6) is 0 Å². The van der Waals surface area contributed by atoms with E-state index in [4.69, 9.17) is 0 Å². The van der Waals surface area contributed by atoms with Gasteiger partial charge in [-0.25, -0.2) is 9.97 Å². The first-order chi connectivity index (χ1) is 10.5. The molecule has 3 rings (SSSR count). The summed E-state index contributed by atoms with van der Waals surface area (Å²) in [5, 5.41) is 0.582. The van der Waals surface area contributed by atoms with E-state index in [1.165, 1.54) is 11.3 Å². The lowest BCUT2D eigenvalue weighted by Gasteiger charge is -2.04. The van der Waals surface area contributed by atoms with Crippen LogP contribution in [0.25, 0.3) is 21.0 Å². The van der Waals surface area contributed by atoms with Crippen LogP contribution in [0.1, 0.15) is 12.5 Å². The Kier molecular flexibility index (Phi) is 4.05. The van der Waals surface area contributed by atoms with E-state index in [0.717, 1.165) is 22.9 Å². The zero-order valence-corrected chi connectivity index (χ0v) is 13.0. The summed E-state index contributed by atoms with van der Waals surface area (Å²) < 4.78 is 38.2. The summed E-state index contributed by atoms with van der Waals surface area (Å²) in [7, 11) is 0. The van der Waals surface area contributed by atoms with Crippen LogP contribution in [-0.2, 0) is 6.18 Å². The molecule has 0 aliphatic carbocycles. The van der Waals surface area contributed by atoms with E-state index < -0.39 is 11.7 Å². The molecule has 3 aromatic rings. The highest BCUT2D eigenvalue weighted by molar-refractivity contribution is 7.99. The molecule has 0 spiro atoms. The third-order valence-corrected chi connectivity index (χ3v) is 4.76. The maximum Gasteiger partial charge on any atom is 0.417 e. The summed E-state index contributed by atoms with van der Waals surface area (Å²) in [6.07, 6.45) is -1.93. The molecular weight excluding hydrogens is 331 g/mol. The third kappa shape index (κ3) is 2.93. The maximum absolute atomic E-state index is 12.7. The van der Waals surface area contributed by atoms with Gasteiger partial charge in [0.05, 0.1) is 5.56 Å². The van der Waals surface area contributed by atoms with Gasteiger partial charge in [-0.05, 0) is 24.0 Å². The molecule has 8 heteroatoms. The number of fused-ring (bicyclic) bond motifs is 1. The van der Waals surface area contributed by atoms with Crippen LogP contribution in [0.3, 0.4) is 0 Å². The van der Waals surface area contributed by atoms with E-state index in [2.05, 4.69) is 15.0 Å². The van der Waals surface area contributed by atoms with Crippen LogP contribution in [0.2, 0.25) is 0 Å². The Morgan fingerprint density at radius 3 is 2.82 bits per heavy atom. The molecule has 0 atom stereocenters. The number of aromatic nitrogens is 3. The van der Waals surface area contributed by atoms with Gasteiger partial charge in [-0.15, -0.1) is 11.8 Å². The summed E-state index contributed by atoms with van der Waals surface area (Å²) in [5.41, 5.74) is 0.139. The van der Waals surface area contributed by atoms with E-state index in [1.54, 1.807) is 18.0 Å². The monoisotopic (exact) mass is 341 g/mol. The first-order valence-corrected chi connectivity index (χ1v) is 8.21. The van der Waals surface area contributed by atoms with Crippen molar-refractivity contribution in [1.82, 2.24) is 15.0 Å². The molecular formula is C14H10F3N3S2. The average molecular weight is 341 g/mol. The fraction of sp³-hybridized carbons (Fsp3) is 0.214. The molecule has 0 radical (unpaired) electrons. The minimum absolute atomic E-state index is 0.243. The number of alkyl halides is 3. The van der Waals surface area contributed by atoms with Crippen molar-refractivity contribution in [2.75, 3.05) is 5.75 Å². The molecule has 0 N–H and O–H groups in total. The van der Waals surface area contributed by atoms with Crippen LogP contribution in [0.15, 0.2) is 35.5 Å². The van der Waals surface area contributed by atoms with Crippen molar-refractivity contribution in [3.8, 4) is 10.7 Å². The van der Waals surface area contributed by atoms with E-state index in [1.807, 2.05) is 19.1 Å². The van der Waals surface area contributed by atoms with Crippen molar-refractivity contribution in [2.24, 2.45) is 0 Å². The third-order valence-electron chi connectivity index (χ3n) is 2.85. The molecule has 114 valence electrons. The lowest BCUT2D eigenvalue weighted by molar-refractivity contribution is -0.137. The summed E-state index contributed by atoms with van der Waals surface area (Å²) in [4.78, 5) is 13.9. The Morgan fingerprint density at radius 2 is 2.09 bits per heavy atom. The largest absolute Gasteiger partial charge is 0.417 e. The predicted octanol–water partition coefficient (Wildman–Crippen LogP) is 4.88. The van der Waals surface area contributed by atoms with Crippen LogP contribution < -0.4 is 0 Å². The zero-order chi connectivity index (χ0) is 15.7. The van der Waals surface area contributed by atoms with Crippen molar-refractivity contribution in [1.29, 1.82) is 0 Å². The first kappa shape index (κ1) is 15.2. The minimum atomic E-state index is -4.42. The van der Waals surface area contributed by atoms with Crippen molar-refractivity contribution in [3.63, 3.8) is 0 Å². The smallest absolute Gasteiger partial charge is 0.253 e. The molecule has 0 aliphatic rings. The molecule has 0 saturated heterocycles. The number of hydrogen-bond donors (Lipinski definition) is 0. The Balaban J connectivity index is 2.09. The molecule has 0 bridgehead atoms. The second-order valence-electron chi connectivity index (χ2n) is 4.35. The molecule has 0 fully saturated rings. The van der Waals surface area contributed by atoms with Crippen LogP contribution in [0.4, 0.5) is 13.2 Å². The Labute approximate surface area is 132 Å². The lowest BCUT2D eigenvalue weighted by atomic mass is 10.3. The van der Waals surface area contributed by atoms with Crippen molar-refractivity contribution >= 4 is 33.4 Å². The molecule has 3 heterocycles. The van der Waals surface area contributed by atoms with Crippen molar-refractivity contribution < 1.29 is 13.2 Å². The maximum atomic E-state index is 12.7.